The molecule has 0 saturated carbocycles. The number of carbonyl (C=O) groups is 2. The molecule has 1 fully saturated rings. The van der Waals surface area contributed by atoms with E-state index in [4.69, 9.17) is 0 Å². The Bertz CT molecular complexity index is 1040. The molecule has 1 aliphatic rings. The van der Waals surface area contributed by atoms with Crippen LogP contribution in [-0.4, -0.2) is 58.8 Å². The molecule has 0 N–H and O–H groups in total. The van der Waals surface area contributed by atoms with Gasteiger partial charge in [-0.15, -0.1) is 0 Å². The third kappa shape index (κ3) is 4.15. The topological polar surface area (TPSA) is 45.6 Å². The highest BCUT2D eigenvalue weighted by atomic mass is 16.2. The van der Waals surface area contributed by atoms with Crippen molar-refractivity contribution in [2.75, 3.05) is 32.7 Å². The first-order valence-corrected chi connectivity index (χ1v) is 9.95. The molecule has 2 aromatic carbocycles. The molecule has 2 heterocycles. The van der Waals surface area contributed by atoms with E-state index in [0.29, 0.717) is 18.7 Å². The van der Waals surface area contributed by atoms with Crippen LogP contribution in [0.1, 0.15) is 15.9 Å². The van der Waals surface area contributed by atoms with Crippen LogP contribution >= 0.6 is 0 Å². The van der Waals surface area contributed by atoms with Gasteiger partial charge in [0, 0.05) is 56.9 Å². The summed E-state index contributed by atoms with van der Waals surface area (Å²) in [6.45, 7) is 3.54. The van der Waals surface area contributed by atoms with E-state index >= 15 is 0 Å². The molecule has 1 aliphatic heterocycles. The fraction of sp³-hybridized carbons (Fsp3) is 0.250. The average Bonchev–Trinajstić information content (AvgIpc) is 3.11. The number of ketones is 1. The molecule has 0 aliphatic carbocycles. The Morgan fingerprint density at radius 2 is 1.62 bits per heavy atom. The number of Topliss-reactive ketones (excluding diaryl/α,β-unsaturated/α-hetero) is 1. The third-order valence-electron chi connectivity index (χ3n) is 5.47. The van der Waals surface area contributed by atoms with E-state index in [0.717, 1.165) is 30.5 Å². The minimum Gasteiger partial charge on any atom is -0.350 e. The summed E-state index contributed by atoms with van der Waals surface area (Å²) in [6.07, 6.45) is 6.02. The molecule has 0 spiro atoms. The highest BCUT2D eigenvalue weighted by Gasteiger charge is 2.28. The molecule has 0 atom stereocenters. The number of aromatic nitrogens is 1. The number of rotatable bonds is 5. The first-order valence-electron chi connectivity index (χ1n) is 9.95. The lowest BCUT2D eigenvalue weighted by Gasteiger charge is -2.33. The van der Waals surface area contributed by atoms with Crippen LogP contribution in [-0.2, 0) is 11.8 Å². The summed E-state index contributed by atoms with van der Waals surface area (Å²) in [4.78, 5) is 29.6. The van der Waals surface area contributed by atoms with Gasteiger partial charge in [-0.3, -0.25) is 14.5 Å². The van der Waals surface area contributed by atoms with Crippen LogP contribution in [0, 0.1) is 0 Å². The fourth-order valence-electron chi connectivity index (χ4n) is 3.82. The summed E-state index contributed by atoms with van der Waals surface area (Å²) < 4.78 is 1.90. The van der Waals surface area contributed by atoms with Gasteiger partial charge in [0.2, 0.25) is 0 Å². The Morgan fingerprint density at radius 3 is 2.38 bits per heavy atom. The monoisotopic (exact) mass is 387 g/mol. The predicted molar refractivity (Wildman–Crippen MR) is 116 cm³/mol. The highest BCUT2D eigenvalue weighted by Crippen LogP contribution is 2.21. The maximum Gasteiger partial charge on any atom is 0.295 e. The summed E-state index contributed by atoms with van der Waals surface area (Å²) >= 11 is 0. The molecule has 1 amide bonds. The van der Waals surface area contributed by atoms with Gasteiger partial charge in [-0.25, -0.2) is 0 Å². The van der Waals surface area contributed by atoms with Crippen molar-refractivity contribution in [3.63, 3.8) is 0 Å². The number of hydrogen-bond donors (Lipinski definition) is 0. The van der Waals surface area contributed by atoms with Crippen molar-refractivity contribution in [2.24, 2.45) is 7.05 Å². The Kier molecular flexibility index (Phi) is 5.58. The molecule has 4 rings (SSSR count). The van der Waals surface area contributed by atoms with Crippen LogP contribution in [0.3, 0.4) is 0 Å². The second-order valence-corrected chi connectivity index (χ2v) is 7.41. The molecule has 0 radical (unpaired) electrons. The van der Waals surface area contributed by atoms with Gasteiger partial charge in [-0.05, 0) is 11.6 Å². The zero-order chi connectivity index (χ0) is 20.2. The highest BCUT2D eigenvalue weighted by molar-refractivity contribution is 6.44. The number of aryl methyl sites for hydroxylation is 1. The van der Waals surface area contributed by atoms with Crippen molar-refractivity contribution in [2.45, 2.75) is 0 Å². The summed E-state index contributed by atoms with van der Waals surface area (Å²) in [5.74, 6) is -0.819. The molecule has 148 valence electrons. The smallest absolute Gasteiger partial charge is 0.295 e. The molecular weight excluding hydrogens is 362 g/mol. The fourth-order valence-corrected chi connectivity index (χ4v) is 3.82. The van der Waals surface area contributed by atoms with E-state index in [9.17, 15) is 9.59 Å². The van der Waals surface area contributed by atoms with E-state index in [1.807, 2.05) is 54.1 Å². The molecule has 29 heavy (non-hydrogen) atoms. The van der Waals surface area contributed by atoms with E-state index in [1.54, 1.807) is 11.1 Å². The van der Waals surface area contributed by atoms with Crippen LogP contribution in [0.25, 0.3) is 17.0 Å². The van der Waals surface area contributed by atoms with Crippen LogP contribution in [0.4, 0.5) is 0 Å². The zero-order valence-electron chi connectivity index (χ0n) is 16.6. The third-order valence-corrected chi connectivity index (χ3v) is 5.47. The Hall–Kier alpha value is -3.18. The van der Waals surface area contributed by atoms with Gasteiger partial charge in [-0.2, -0.15) is 0 Å². The molecule has 1 saturated heterocycles. The molecule has 3 aromatic rings. The Morgan fingerprint density at radius 1 is 0.931 bits per heavy atom. The molecule has 1 aromatic heterocycles. The molecule has 5 nitrogen and oxygen atoms in total. The first-order chi connectivity index (χ1) is 14.1. The van der Waals surface area contributed by atoms with Gasteiger partial charge in [-0.1, -0.05) is 60.7 Å². The summed E-state index contributed by atoms with van der Waals surface area (Å²) in [6, 6.07) is 17.9. The Balaban J connectivity index is 1.35. The molecule has 0 bridgehead atoms. The predicted octanol–water partition coefficient (Wildman–Crippen LogP) is 3.22. The van der Waals surface area contributed by atoms with Crippen LogP contribution in [0.2, 0.25) is 0 Å². The van der Waals surface area contributed by atoms with E-state index in [-0.39, 0.29) is 0 Å². The van der Waals surface area contributed by atoms with Gasteiger partial charge in [0.25, 0.3) is 11.7 Å². The first kappa shape index (κ1) is 19.2. The number of piperazine rings is 1. The summed E-state index contributed by atoms with van der Waals surface area (Å²) in [5.41, 5.74) is 2.63. The number of para-hydroxylation sites is 1. The quantitative estimate of drug-likeness (QED) is 0.499. The van der Waals surface area contributed by atoms with Gasteiger partial charge >= 0.3 is 0 Å². The van der Waals surface area contributed by atoms with Crippen molar-refractivity contribution in [1.29, 1.82) is 0 Å². The number of fused-ring (bicyclic) bond motifs is 1. The maximum absolute atomic E-state index is 12.9. The normalized spacial score (nSPS) is 15.3. The van der Waals surface area contributed by atoms with E-state index in [1.165, 1.54) is 5.56 Å². The lowest BCUT2D eigenvalue weighted by atomic mass is 10.1. The zero-order valence-corrected chi connectivity index (χ0v) is 16.6. The number of nitrogens with zero attached hydrogens (tertiary/aromatic N) is 3. The van der Waals surface area contributed by atoms with Crippen molar-refractivity contribution < 1.29 is 9.59 Å². The van der Waals surface area contributed by atoms with Crippen LogP contribution in [0.15, 0.2) is 66.9 Å². The number of benzene rings is 2. The number of hydrogen-bond acceptors (Lipinski definition) is 3. The van der Waals surface area contributed by atoms with Gasteiger partial charge in [0.05, 0.1) is 5.56 Å². The van der Waals surface area contributed by atoms with Gasteiger partial charge < -0.3 is 9.47 Å². The summed E-state index contributed by atoms with van der Waals surface area (Å²) in [7, 11) is 1.89. The van der Waals surface area contributed by atoms with E-state index < -0.39 is 11.7 Å². The largest absolute Gasteiger partial charge is 0.350 e. The van der Waals surface area contributed by atoms with Gasteiger partial charge in [0.15, 0.2) is 0 Å². The SMILES string of the molecule is Cn1cc(C(=O)C(=O)N2CCN(C/C=C/c3ccccc3)CC2)c2ccccc21. The minimum atomic E-state index is -0.417. The second kappa shape index (κ2) is 8.45. The Labute approximate surface area is 170 Å². The maximum atomic E-state index is 12.9. The van der Waals surface area contributed by atoms with Gasteiger partial charge in [0.1, 0.15) is 0 Å². The van der Waals surface area contributed by atoms with Crippen LogP contribution in [0.5, 0.6) is 0 Å². The minimum absolute atomic E-state index is 0.402. The lowest BCUT2D eigenvalue weighted by Crippen LogP contribution is -2.50. The number of carbonyl (C=O) groups excluding carboxylic acids is 2. The molecular formula is C24H25N3O2. The molecule has 5 heteroatoms. The van der Waals surface area contributed by atoms with Crippen LogP contribution < -0.4 is 0 Å². The second-order valence-electron chi connectivity index (χ2n) is 7.41. The van der Waals surface area contributed by atoms with Crippen molar-refractivity contribution >= 4 is 28.7 Å². The summed E-state index contributed by atoms with van der Waals surface area (Å²) in [5, 5.41) is 0.832. The standard InChI is InChI=1S/C24H25N3O2/c1-25-18-21(20-11-5-6-12-22(20)25)23(28)24(29)27-16-14-26(15-17-27)13-7-10-19-8-3-2-4-9-19/h2-12,18H,13-17H2,1H3/b10-7+. The average molecular weight is 387 g/mol. The van der Waals surface area contributed by atoms with Crippen molar-refractivity contribution in [3.05, 3.63) is 78.0 Å². The molecule has 0 unspecified atom stereocenters. The van der Waals surface area contributed by atoms with Crippen molar-refractivity contribution in [1.82, 2.24) is 14.4 Å². The van der Waals surface area contributed by atoms with E-state index in [2.05, 4.69) is 29.2 Å². The van der Waals surface area contributed by atoms with Crippen molar-refractivity contribution in [3.8, 4) is 0 Å². The number of amides is 1. The lowest BCUT2D eigenvalue weighted by molar-refractivity contribution is -0.128.